The highest BCUT2D eigenvalue weighted by Crippen LogP contribution is 2.33. The Bertz CT molecular complexity index is 1230. The van der Waals surface area contributed by atoms with E-state index in [0.29, 0.717) is 29.5 Å². The largest absolute Gasteiger partial charge is 0.474 e. The quantitative estimate of drug-likeness (QED) is 0.138. The van der Waals surface area contributed by atoms with Gasteiger partial charge < -0.3 is 13.9 Å². The maximum Gasteiger partial charge on any atom is 0.253 e. The number of pyridine rings is 2. The van der Waals surface area contributed by atoms with Crippen LogP contribution in [0.4, 0.5) is 0 Å². The summed E-state index contributed by atoms with van der Waals surface area (Å²) in [5.74, 6) is 2.22. The van der Waals surface area contributed by atoms with Crippen molar-refractivity contribution in [3.05, 3.63) is 60.6 Å². The number of ether oxygens (including phenoxy) is 2. The van der Waals surface area contributed by atoms with Gasteiger partial charge in [-0.25, -0.2) is 9.97 Å². The first kappa shape index (κ1) is 39.5. The van der Waals surface area contributed by atoms with Crippen molar-refractivity contribution in [1.29, 1.82) is 0 Å². The molecule has 0 unspecified atom stereocenters. The lowest BCUT2D eigenvalue weighted by atomic mass is 9.87. The molecular weight excluding hydrogens is 746 g/mol. The van der Waals surface area contributed by atoms with Gasteiger partial charge in [-0.1, -0.05) is 55.5 Å². The van der Waals surface area contributed by atoms with E-state index in [1.807, 2.05) is 50.2 Å². The van der Waals surface area contributed by atoms with Crippen LogP contribution in [0, 0.1) is 5.92 Å². The number of carbonyl (C=O) groups excluding carboxylic acids is 2. The van der Waals surface area contributed by atoms with Crippen LogP contribution in [0.3, 0.4) is 0 Å². The standard InChI is InChI=1S/C14H18ClN3O3.C14H16ClN3O2.C2H5I.C2H6/c15-9-12(19)17-18-14(20)10-4-6-11(7-5-10)21-13-3-1-2-8-16-13;15-9-13-17-18-14(20-13)10-4-6-11(7-5-10)19-12-3-1-2-8-16-12;1-2-3;1-2/h1-3,8,10-11H,4-7,9H2,(H,17,19)(H,18,20);1-3,8,10-11H,4-7,9H2;2H2,1H3;1-2H3. The van der Waals surface area contributed by atoms with Crippen molar-refractivity contribution in [2.75, 3.05) is 10.3 Å². The molecule has 2 N–H and O–H groups in total. The first-order chi connectivity index (χ1) is 22.4. The molecule has 0 atom stereocenters. The Labute approximate surface area is 295 Å². The molecule has 0 saturated heterocycles. The SMILES string of the molecule is CC.CCI.ClCc1nnc(C2CCC(Oc3ccccn3)CC2)o1.O=C(CCl)NNC(=O)C1CCC(Oc2ccccn2)CC1. The summed E-state index contributed by atoms with van der Waals surface area (Å²) < 4.78 is 18.4. The van der Waals surface area contributed by atoms with Gasteiger partial charge in [0.2, 0.25) is 29.4 Å². The predicted octanol–water partition coefficient (Wildman–Crippen LogP) is 7.18. The molecular formula is C32H45Cl2IN6O5. The molecule has 2 amide bonds. The first-order valence-corrected chi connectivity index (χ1v) is 18.3. The highest BCUT2D eigenvalue weighted by Gasteiger charge is 2.28. The van der Waals surface area contributed by atoms with E-state index < -0.39 is 5.91 Å². The molecule has 3 aromatic heterocycles. The second kappa shape index (κ2) is 23.6. The topological polar surface area (TPSA) is 141 Å². The average Bonchev–Trinajstić information content (AvgIpc) is 3.60. The third-order valence-electron chi connectivity index (χ3n) is 6.96. The van der Waals surface area contributed by atoms with E-state index in [1.54, 1.807) is 12.4 Å². The fourth-order valence-electron chi connectivity index (χ4n) is 4.80. The minimum Gasteiger partial charge on any atom is -0.474 e. The molecule has 46 heavy (non-hydrogen) atoms. The Morgan fingerprint density at radius 3 is 1.80 bits per heavy atom. The fourth-order valence-corrected chi connectivity index (χ4v) is 4.97. The van der Waals surface area contributed by atoms with Crippen LogP contribution >= 0.6 is 45.8 Å². The van der Waals surface area contributed by atoms with Crippen LogP contribution in [0.2, 0.25) is 0 Å². The number of rotatable bonds is 8. The Hall–Kier alpha value is -2.71. The maximum atomic E-state index is 11.9. The van der Waals surface area contributed by atoms with Gasteiger partial charge >= 0.3 is 0 Å². The number of carbonyl (C=O) groups is 2. The molecule has 254 valence electrons. The number of hydrogen-bond donors (Lipinski definition) is 2. The number of hydrogen-bond acceptors (Lipinski definition) is 9. The van der Waals surface area contributed by atoms with Crippen molar-refractivity contribution < 1.29 is 23.5 Å². The number of halogens is 3. The van der Waals surface area contributed by atoms with Crippen LogP contribution in [-0.4, -0.2) is 54.5 Å². The van der Waals surface area contributed by atoms with Crippen LogP contribution in [0.5, 0.6) is 11.8 Å². The fraction of sp³-hybridized carbons (Fsp3) is 0.562. The molecule has 0 spiro atoms. The molecule has 2 aliphatic carbocycles. The number of nitrogens with zero attached hydrogens (tertiary/aromatic N) is 4. The van der Waals surface area contributed by atoms with Gasteiger partial charge in [0, 0.05) is 36.4 Å². The Kier molecular flexibility index (Phi) is 20.2. The maximum absolute atomic E-state index is 11.9. The number of amides is 2. The highest BCUT2D eigenvalue weighted by molar-refractivity contribution is 14.1. The lowest BCUT2D eigenvalue weighted by Gasteiger charge is -2.27. The smallest absolute Gasteiger partial charge is 0.253 e. The van der Waals surface area contributed by atoms with E-state index in [0.717, 1.165) is 51.4 Å². The lowest BCUT2D eigenvalue weighted by molar-refractivity contribution is -0.131. The summed E-state index contributed by atoms with van der Waals surface area (Å²) in [4.78, 5) is 31.1. The summed E-state index contributed by atoms with van der Waals surface area (Å²) in [6.45, 7) is 6.11. The molecule has 2 fully saturated rings. The molecule has 2 aliphatic rings. The second-order valence-electron chi connectivity index (χ2n) is 10.1. The summed E-state index contributed by atoms with van der Waals surface area (Å²) in [6, 6.07) is 11.2. The minimum absolute atomic E-state index is 0.0846. The van der Waals surface area contributed by atoms with Crippen molar-refractivity contribution in [3.63, 3.8) is 0 Å². The van der Waals surface area contributed by atoms with Crippen LogP contribution in [0.25, 0.3) is 0 Å². The summed E-state index contributed by atoms with van der Waals surface area (Å²) in [7, 11) is 0. The molecule has 3 heterocycles. The van der Waals surface area contributed by atoms with E-state index in [-0.39, 0.29) is 35.8 Å². The predicted molar refractivity (Wildman–Crippen MR) is 187 cm³/mol. The zero-order valence-electron chi connectivity index (χ0n) is 26.7. The van der Waals surface area contributed by atoms with Gasteiger partial charge in [0.05, 0.1) is 0 Å². The van der Waals surface area contributed by atoms with Crippen molar-refractivity contribution >= 4 is 57.6 Å². The summed E-state index contributed by atoms with van der Waals surface area (Å²) in [5.41, 5.74) is 4.66. The van der Waals surface area contributed by atoms with Gasteiger partial charge in [-0.15, -0.1) is 33.4 Å². The van der Waals surface area contributed by atoms with Crippen molar-refractivity contribution in [1.82, 2.24) is 31.0 Å². The number of hydrazine groups is 1. The Balaban J connectivity index is 0.000000281. The van der Waals surface area contributed by atoms with E-state index >= 15 is 0 Å². The normalized spacial score (nSPS) is 20.1. The summed E-state index contributed by atoms with van der Waals surface area (Å²) in [6.07, 6.45) is 10.7. The van der Waals surface area contributed by atoms with Gasteiger partial charge in [0.15, 0.2) is 0 Å². The molecule has 0 radical (unpaired) electrons. The Morgan fingerprint density at radius 1 is 0.848 bits per heavy atom. The highest BCUT2D eigenvalue weighted by atomic mass is 127. The van der Waals surface area contributed by atoms with Gasteiger partial charge in [0.25, 0.3) is 5.91 Å². The van der Waals surface area contributed by atoms with Crippen molar-refractivity contribution in [2.45, 2.75) is 96.1 Å². The molecule has 2 saturated carbocycles. The van der Waals surface area contributed by atoms with E-state index in [1.165, 1.54) is 4.43 Å². The van der Waals surface area contributed by atoms with Gasteiger partial charge in [-0.2, -0.15) is 0 Å². The van der Waals surface area contributed by atoms with Crippen molar-refractivity contribution in [3.8, 4) is 11.8 Å². The third-order valence-corrected chi connectivity index (χ3v) is 7.43. The van der Waals surface area contributed by atoms with E-state index in [4.69, 9.17) is 37.1 Å². The van der Waals surface area contributed by atoms with Crippen LogP contribution in [0.1, 0.15) is 89.8 Å². The minimum atomic E-state index is -0.419. The van der Waals surface area contributed by atoms with Gasteiger partial charge in [0.1, 0.15) is 24.0 Å². The Morgan fingerprint density at radius 2 is 1.37 bits per heavy atom. The number of alkyl halides is 3. The van der Waals surface area contributed by atoms with Crippen LogP contribution < -0.4 is 20.3 Å². The number of nitrogens with one attached hydrogen (secondary N) is 2. The van der Waals surface area contributed by atoms with E-state index in [9.17, 15) is 9.59 Å². The lowest BCUT2D eigenvalue weighted by Crippen LogP contribution is -2.46. The monoisotopic (exact) mass is 790 g/mol. The average molecular weight is 792 g/mol. The zero-order chi connectivity index (χ0) is 33.6. The molecule has 5 rings (SSSR count). The van der Waals surface area contributed by atoms with Crippen LogP contribution in [-0.2, 0) is 15.5 Å². The van der Waals surface area contributed by atoms with Crippen molar-refractivity contribution in [2.24, 2.45) is 5.92 Å². The molecule has 0 aliphatic heterocycles. The van der Waals surface area contributed by atoms with Crippen LogP contribution in [0.15, 0.2) is 53.2 Å². The first-order valence-electron chi connectivity index (χ1n) is 15.7. The molecule has 0 aromatic carbocycles. The number of aromatic nitrogens is 4. The molecule has 3 aromatic rings. The molecule has 11 nitrogen and oxygen atoms in total. The third kappa shape index (κ3) is 14.8. The second-order valence-corrected chi connectivity index (χ2v) is 12.2. The summed E-state index contributed by atoms with van der Waals surface area (Å²) >= 11 is 13.3. The molecule has 0 bridgehead atoms. The van der Waals surface area contributed by atoms with E-state index in [2.05, 4.69) is 60.5 Å². The van der Waals surface area contributed by atoms with Gasteiger partial charge in [-0.3, -0.25) is 20.4 Å². The zero-order valence-corrected chi connectivity index (χ0v) is 30.3. The van der Waals surface area contributed by atoms with Gasteiger partial charge in [-0.05, 0) is 67.9 Å². The molecule has 14 heteroatoms. The summed E-state index contributed by atoms with van der Waals surface area (Å²) in [5, 5.41) is 7.97.